The molecule has 1 fully saturated rings. The van der Waals surface area contributed by atoms with Crippen molar-refractivity contribution in [1.82, 2.24) is 4.72 Å². The lowest BCUT2D eigenvalue weighted by atomic mass is 10.1. The Balaban J connectivity index is 1.65. The maximum absolute atomic E-state index is 12.1. The second kappa shape index (κ2) is 9.37. The number of rotatable bonds is 9. The van der Waals surface area contributed by atoms with Crippen LogP contribution >= 0.6 is 0 Å². The highest BCUT2D eigenvalue weighted by Crippen LogP contribution is 2.10. The summed E-state index contributed by atoms with van der Waals surface area (Å²) in [6, 6.07) is 10.0. The van der Waals surface area contributed by atoms with E-state index in [9.17, 15) is 8.42 Å². The Bertz CT molecular complexity index is 541. The van der Waals surface area contributed by atoms with E-state index in [0.717, 1.165) is 25.7 Å². The van der Waals surface area contributed by atoms with E-state index in [0.29, 0.717) is 13.2 Å². The van der Waals surface area contributed by atoms with Gasteiger partial charge in [-0.3, -0.25) is 0 Å². The molecule has 23 heavy (non-hydrogen) atoms. The van der Waals surface area contributed by atoms with Gasteiger partial charge >= 0.3 is 0 Å². The molecule has 1 aromatic carbocycles. The molecule has 1 aromatic rings. The average molecular weight is 341 g/mol. The minimum absolute atomic E-state index is 0.0139. The highest BCUT2D eigenvalue weighted by molar-refractivity contribution is 7.89. The molecule has 5 nitrogen and oxygen atoms in total. The van der Waals surface area contributed by atoms with Crippen molar-refractivity contribution >= 4 is 10.0 Å². The van der Waals surface area contributed by atoms with Gasteiger partial charge in [-0.15, -0.1) is 0 Å². The number of hydrogen-bond donors (Lipinski definition) is 1. The van der Waals surface area contributed by atoms with E-state index in [-0.39, 0.29) is 24.5 Å². The lowest BCUT2D eigenvalue weighted by Crippen LogP contribution is -2.36. The van der Waals surface area contributed by atoms with Crippen LogP contribution in [0.4, 0.5) is 0 Å². The number of sulfonamides is 1. The Kier molecular flexibility index (Phi) is 7.49. The maximum Gasteiger partial charge on any atom is 0.214 e. The van der Waals surface area contributed by atoms with E-state index in [2.05, 4.69) is 16.9 Å². The molecule has 0 bridgehead atoms. The van der Waals surface area contributed by atoms with Gasteiger partial charge in [0, 0.05) is 19.3 Å². The lowest BCUT2D eigenvalue weighted by Gasteiger charge is -2.22. The summed E-state index contributed by atoms with van der Waals surface area (Å²) in [7, 11) is -3.29. The van der Waals surface area contributed by atoms with Gasteiger partial charge in [0.2, 0.25) is 10.0 Å². The molecule has 1 aliphatic heterocycles. The Morgan fingerprint density at radius 2 is 1.96 bits per heavy atom. The van der Waals surface area contributed by atoms with Gasteiger partial charge in [-0.25, -0.2) is 13.1 Å². The van der Waals surface area contributed by atoms with Crippen molar-refractivity contribution in [2.24, 2.45) is 0 Å². The topological polar surface area (TPSA) is 64.6 Å². The van der Waals surface area contributed by atoms with E-state index >= 15 is 0 Å². The zero-order valence-electron chi connectivity index (χ0n) is 13.7. The average Bonchev–Trinajstić information content (AvgIpc) is 2.54. The molecule has 1 atom stereocenters. The Morgan fingerprint density at radius 3 is 2.65 bits per heavy atom. The SMILES string of the molecule is CC(CCc1ccccc1)NS(=O)(=O)CCOC1CCOCC1. The molecule has 0 aromatic heterocycles. The molecule has 0 radical (unpaired) electrons. The third kappa shape index (κ3) is 7.44. The van der Waals surface area contributed by atoms with Crippen molar-refractivity contribution < 1.29 is 17.9 Å². The fourth-order valence-electron chi connectivity index (χ4n) is 2.62. The Hall–Kier alpha value is -0.950. The second-order valence-corrected chi connectivity index (χ2v) is 7.92. The molecule has 0 aliphatic carbocycles. The first-order valence-electron chi connectivity index (χ1n) is 8.28. The van der Waals surface area contributed by atoms with Crippen LogP contribution in [0.2, 0.25) is 0 Å². The zero-order chi connectivity index (χ0) is 16.5. The lowest BCUT2D eigenvalue weighted by molar-refractivity contribution is -0.0267. The van der Waals surface area contributed by atoms with Crippen molar-refractivity contribution in [3.63, 3.8) is 0 Å². The number of nitrogens with one attached hydrogen (secondary N) is 1. The third-order valence-electron chi connectivity index (χ3n) is 3.96. The van der Waals surface area contributed by atoms with Gasteiger partial charge in [-0.05, 0) is 38.2 Å². The van der Waals surface area contributed by atoms with E-state index in [1.165, 1.54) is 5.56 Å². The van der Waals surface area contributed by atoms with E-state index in [4.69, 9.17) is 9.47 Å². The standard InChI is InChI=1S/C17H27NO4S/c1-15(7-8-16-5-3-2-4-6-16)18-23(19,20)14-13-22-17-9-11-21-12-10-17/h2-6,15,17-18H,7-14H2,1H3. The highest BCUT2D eigenvalue weighted by Gasteiger charge is 2.18. The summed E-state index contributed by atoms with van der Waals surface area (Å²) in [5.74, 6) is 0.0139. The van der Waals surface area contributed by atoms with Crippen LogP contribution in [0.1, 0.15) is 31.7 Å². The number of ether oxygens (including phenoxy) is 2. The Morgan fingerprint density at radius 1 is 1.26 bits per heavy atom. The zero-order valence-corrected chi connectivity index (χ0v) is 14.6. The van der Waals surface area contributed by atoms with Crippen molar-refractivity contribution in [3.8, 4) is 0 Å². The summed E-state index contributed by atoms with van der Waals surface area (Å²) in [5.41, 5.74) is 1.22. The van der Waals surface area contributed by atoms with E-state index in [1.54, 1.807) is 0 Å². The monoisotopic (exact) mass is 341 g/mol. The largest absolute Gasteiger partial charge is 0.381 e. The van der Waals surface area contributed by atoms with Crippen LogP contribution in [0.5, 0.6) is 0 Å². The minimum atomic E-state index is -3.29. The van der Waals surface area contributed by atoms with Gasteiger partial charge in [0.25, 0.3) is 0 Å². The molecule has 1 N–H and O–H groups in total. The van der Waals surface area contributed by atoms with Gasteiger partial charge in [-0.1, -0.05) is 30.3 Å². The summed E-state index contributed by atoms with van der Waals surface area (Å²) >= 11 is 0. The van der Waals surface area contributed by atoms with Gasteiger partial charge in [-0.2, -0.15) is 0 Å². The molecule has 1 heterocycles. The molecule has 0 saturated carbocycles. The molecule has 6 heteroatoms. The van der Waals surface area contributed by atoms with E-state index in [1.807, 2.05) is 25.1 Å². The quantitative estimate of drug-likeness (QED) is 0.747. The summed E-state index contributed by atoms with van der Waals surface area (Å²) < 4.78 is 37.8. The second-order valence-electron chi connectivity index (χ2n) is 6.04. The van der Waals surface area contributed by atoms with Crippen molar-refractivity contribution in [1.29, 1.82) is 0 Å². The van der Waals surface area contributed by atoms with Crippen LogP contribution in [0.25, 0.3) is 0 Å². The smallest absolute Gasteiger partial charge is 0.214 e. The molecule has 1 unspecified atom stereocenters. The molecule has 130 valence electrons. The van der Waals surface area contributed by atoms with Crippen LogP contribution in [0, 0.1) is 0 Å². The summed E-state index contributed by atoms with van der Waals surface area (Å²) in [5, 5.41) is 0. The first kappa shape index (κ1) is 18.4. The number of hydrogen-bond acceptors (Lipinski definition) is 4. The maximum atomic E-state index is 12.1. The Labute approximate surface area is 139 Å². The van der Waals surface area contributed by atoms with Crippen LogP contribution in [0.15, 0.2) is 30.3 Å². The molecule has 0 spiro atoms. The fraction of sp³-hybridized carbons (Fsp3) is 0.647. The number of benzene rings is 1. The third-order valence-corrected chi connectivity index (χ3v) is 5.43. The van der Waals surface area contributed by atoms with Crippen LogP contribution in [-0.4, -0.2) is 46.1 Å². The molecular weight excluding hydrogens is 314 g/mol. The number of aryl methyl sites for hydroxylation is 1. The normalized spacial score (nSPS) is 18.0. The van der Waals surface area contributed by atoms with Crippen LogP contribution in [0.3, 0.4) is 0 Å². The first-order valence-corrected chi connectivity index (χ1v) is 9.94. The fourth-order valence-corrected chi connectivity index (χ4v) is 3.78. The predicted molar refractivity (Wildman–Crippen MR) is 90.9 cm³/mol. The molecule has 2 rings (SSSR count). The minimum Gasteiger partial charge on any atom is -0.381 e. The summed E-state index contributed by atoms with van der Waals surface area (Å²) in [4.78, 5) is 0. The van der Waals surface area contributed by atoms with Gasteiger partial charge in [0.05, 0.1) is 18.5 Å². The van der Waals surface area contributed by atoms with Crippen LogP contribution in [-0.2, 0) is 25.9 Å². The molecular formula is C17H27NO4S. The first-order chi connectivity index (χ1) is 11.1. The molecule has 1 saturated heterocycles. The van der Waals surface area contributed by atoms with Crippen LogP contribution < -0.4 is 4.72 Å². The van der Waals surface area contributed by atoms with Gasteiger partial charge in [0.1, 0.15) is 0 Å². The van der Waals surface area contributed by atoms with E-state index < -0.39 is 10.0 Å². The summed E-state index contributed by atoms with van der Waals surface area (Å²) in [6.07, 6.45) is 3.48. The van der Waals surface area contributed by atoms with Crippen molar-refractivity contribution in [2.45, 2.75) is 44.8 Å². The van der Waals surface area contributed by atoms with Crippen molar-refractivity contribution in [3.05, 3.63) is 35.9 Å². The van der Waals surface area contributed by atoms with Gasteiger partial charge in [0.15, 0.2) is 0 Å². The van der Waals surface area contributed by atoms with Crippen molar-refractivity contribution in [2.75, 3.05) is 25.6 Å². The molecule has 0 amide bonds. The summed E-state index contributed by atoms with van der Waals surface area (Å²) in [6.45, 7) is 3.55. The predicted octanol–water partition coefficient (Wildman–Crippen LogP) is 2.12. The van der Waals surface area contributed by atoms with Gasteiger partial charge < -0.3 is 9.47 Å². The highest BCUT2D eigenvalue weighted by atomic mass is 32.2. The molecule has 1 aliphatic rings.